The average Bonchev–Trinajstić information content (AvgIpc) is 2.03. The Kier molecular flexibility index (Phi) is 89500. The summed E-state index contributed by atoms with van der Waals surface area (Å²) in [6.45, 7) is 18.0. The Balaban J connectivity index is -0.00000000500. The van der Waals surface area contributed by atoms with Crippen LogP contribution in [0.1, 0.15) is 0 Å². The van der Waals surface area contributed by atoms with Gasteiger partial charge in [0.25, 0.3) is 27.2 Å². The molecule has 0 aliphatic heterocycles. The van der Waals surface area contributed by atoms with Crippen LogP contribution in [0.3, 0.4) is 0 Å². The van der Waals surface area contributed by atoms with E-state index in [4.69, 9.17) is 19.2 Å². The van der Waals surface area contributed by atoms with Gasteiger partial charge in [-0.15, -0.1) is 0 Å². The molecule has 0 fully saturated rings. The second kappa shape index (κ2) is 17100. The van der Waals surface area contributed by atoms with Crippen LogP contribution in [0.25, 0.3) is 0 Å². The number of hydrogen-bond donors (Lipinski definition) is 0. The maximum absolute atomic E-state index is 7.50. The number of halogens is 1. The molecule has 0 aromatic rings. The molecule has 8 radical (unpaired) electrons. The molecule has 0 saturated heterocycles. The van der Waals surface area contributed by atoms with E-state index in [1.165, 1.54) is 0 Å². The first-order chi connectivity index (χ1) is 4.00. The SMILES string of the molecule is [Br-].[C]=O.[C]=O.[C]=O.[C]=O.[Re+]. The second-order valence-corrected chi connectivity index (χ2v) is 0. The summed E-state index contributed by atoms with van der Waals surface area (Å²) in [5.41, 5.74) is 0. The summed E-state index contributed by atoms with van der Waals surface area (Å²) in [6, 6.07) is 0. The molecular formula is C4BrO4Re. The third-order valence-electron chi connectivity index (χ3n) is 0. The Bertz CT molecular complexity index is 25.2. The van der Waals surface area contributed by atoms with Gasteiger partial charge in [0.2, 0.25) is 0 Å². The van der Waals surface area contributed by atoms with Gasteiger partial charge in [0.1, 0.15) is 0 Å². The molecule has 6 heteroatoms. The zero-order valence-electron chi connectivity index (χ0n) is 4.39. The van der Waals surface area contributed by atoms with Gasteiger partial charge in [-0.25, -0.2) is 0 Å². The van der Waals surface area contributed by atoms with Gasteiger partial charge in [0.15, 0.2) is 0 Å². The Morgan fingerprint density at radius 2 is 0.500 bits per heavy atom. The van der Waals surface area contributed by atoms with Crippen LogP contribution in [0.15, 0.2) is 0 Å². The van der Waals surface area contributed by atoms with Crippen molar-refractivity contribution in [2.45, 2.75) is 0 Å². The van der Waals surface area contributed by atoms with Gasteiger partial charge in [-0.2, -0.15) is 0 Å². The summed E-state index contributed by atoms with van der Waals surface area (Å²) in [6.07, 6.45) is 0. The third-order valence-corrected chi connectivity index (χ3v) is 0. The van der Waals surface area contributed by atoms with Gasteiger partial charge in [0.05, 0.1) is 0 Å². The molecule has 0 bridgehead atoms. The molecule has 0 amide bonds. The number of hydrogen-bond acceptors (Lipinski definition) is 4. The van der Waals surface area contributed by atoms with Crippen LogP contribution in [0.5, 0.6) is 0 Å². The van der Waals surface area contributed by atoms with E-state index in [2.05, 4.69) is 27.2 Å². The standard InChI is InChI=1S/4CO.BrH.Re/c4*1-2;;/h;;;;1H;/q;;;;;+1/p-1. The molecule has 0 aliphatic carbocycles. The zero-order chi connectivity index (χ0) is 8.00. The molecule has 10 heavy (non-hydrogen) atoms. The summed E-state index contributed by atoms with van der Waals surface area (Å²) in [5, 5.41) is 0. The molecule has 0 heterocycles. The summed E-state index contributed by atoms with van der Waals surface area (Å²) >= 11 is 0. The fraction of sp³-hybridized carbons (Fsp3) is 0. The van der Waals surface area contributed by atoms with Crippen LogP contribution in [-0.2, 0) is 39.6 Å². The van der Waals surface area contributed by atoms with Gasteiger partial charge in [0, 0.05) is 0 Å². The molecule has 0 spiro atoms. The first-order valence-corrected chi connectivity index (χ1v) is 0.816. The van der Waals surface area contributed by atoms with E-state index < -0.39 is 0 Å². The van der Waals surface area contributed by atoms with Crippen molar-refractivity contribution in [3.05, 3.63) is 0 Å². The van der Waals surface area contributed by atoms with Gasteiger partial charge >= 0.3 is 20.4 Å². The molecule has 0 rings (SSSR count). The molecule has 4 nitrogen and oxygen atoms in total. The van der Waals surface area contributed by atoms with Crippen LogP contribution >= 0.6 is 0 Å². The largest absolute Gasteiger partial charge is 1.00 e. The van der Waals surface area contributed by atoms with Crippen molar-refractivity contribution in [1.82, 2.24) is 0 Å². The molecule has 0 unspecified atom stereocenters. The van der Waals surface area contributed by atoms with E-state index in [9.17, 15) is 0 Å². The number of rotatable bonds is 0. The van der Waals surface area contributed by atoms with Gasteiger partial charge in [-0.05, 0) is 0 Å². The van der Waals surface area contributed by atoms with E-state index in [0.29, 0.717) is 0 Å². The van der Waals surface area contributed by atoms with Gasteiger partial charge < -0.3 is 17.0 Å². The molecule has 0 aliphatic rings. The fourth-order valence-electron chi connectivity index (χ4n) is 0. The second-order valence-electron chi connectivity index (χ2n) is 0. The predicted molar refractivity (Wildman–Crippen MR) is 22.8 cm³/mol. The summed E-state index contributed by atoms with van der Waals surface area (Å²) in [4.78, 5) is 30.0. The van der Waals surface area contributed by atoms with E-state index >= 15 is 0 Å². The van der Waals surface area contributed by atoms with Crippen molar-refractivity contribution in [1.29, 1.82) is 0 Å². The monoisotopic (exact) mass is 378 g/mol. The molecule has 0 atom stereocenters. The molecule has 0 saturated carbocycles. The zero-order valence-corrected chi connectivity index (χ0v) is 8.69. The van der Waals surface area contributed by atoms with Crippen molar-refractivity contribution in [3.8, 4) is 0 Å². The van der Waals surface area contributed by atoms with Crippen LogP contribution in [-0.4, -0.2) is 27.2 Å². The van der Waals surface area contributed by atoms with E-state index in [1.54, 1.807) is 0 Å². The Hall–Kier alpha value is -0.178. The number of carbonyl (C=O) groups excluding carboxylic acids is 4. The molecule has 54 valence electrons. The average molecular weight is 378 g/mol. The van der Waals surface area contributed by atoms with E-state index in [1.807, 2.05) is 0 Å². The summed E-state index contributed by atoms with van der Waals surface area (Å²) in [5.74, 6) is 0. The Morgan fingerprint density at radius 1 is 0.500 bits per heavy atom. The van der Waals surface area contributed by atoms with Crippen molar-refractivity contribution in [3.63, 3.8) is 0 Å². The third kappa shape index (κ3) is 11500. The molecule has 0 aromatic heterocycles. The molecule has 0 N–H and O–H groups in total. The molecule has 0 aromatic carbocycles. The predicted octanol–water partition coefficient (Wildman–Crippen LogP) is -4.59. The quantitative estimate of drug-likeness (QED) is 0.426. The van der Waals surface area contributed by atoms with Crippen molar-refractivity contribution in [2.24, 2.45) is 0 Å². The van der Waals surface area contributed by atoms with E-state index in [0.717, 1.165) is 0 Å². The Morgan fingerprint density at radius 3 is 0.500 bits per heavy atom. The first-order valence-electron chi connectivity index (χ1n) is 0.816. The molecular weight excluding hydrogens is 378 g/mol. The minimum Gasteiger partial charge on any atom is -1.00 e. The first kappa shape index (κ1) is 52.3. The van der Waals surface area contributed by atoms with Gasteiger partial charge in [-0.3, -0.25) is 19.2 Å². The van der Waals surface area contributed by atoms with Crippen LogP contribution in [0.4, 0.5) is 0 Å². The van der Waals surface area contributed by atoms with Crippen LogP contribution < -0.4 is 17.0 Å². The Labute approximate surface area is 83.8 Å². The van der Waals surface area contributed by atoms with Crippen molar-refractivity contribution < 1.29 is 56.6 Å². The normalized spacial score (nSPS) is 1.60. The van der Waals surface area contributed by atoms with Crippen LogP contribution in [0, 0.1) is 0 Å². The van der Waals surface area contributed by atoms with Gasteiger partial charge in [-0.1, -0.05) is 0 Å². The maximum Gasteiger partial charge on any atom is 1.00 e. The van der Waals surface area contributed by atoms with Crippen molar-refractivity contribution >= 4 is 27.2 Å². The topological polar surface area (TPSA) is 68.3 Å². The van der Waals surface area contributed by atoms with Crippen molar-refractivity contribution in [2.75, 3.05) is 0 Å². The fourth-order valence-corrected chi connectivity index (χ4v) is 0. The minimum absolute atomic E-state index is 0. The summed E-state index contributed by atoms with van der Waals surface area (Å²) in [7, 11) is 0. The maximum atomic E-state index is 7.50. The van der Waals surface area contributed by atoms with E-state index in [-0.39, 0.29) is 37.4 Å². The minimum atomic E-state index is 0. The smallest absolute Gasteiger partial charge is 1.00 e. The summed E-state index contributed by atoms with van der Waals surface area (Å²) < 4.78 is 0. The van der Waals surface area contributed by atoms with Crippen LogP contribution in [0.2, 0.25) is 0 Å².